The van der Waals surface area contributed by atoms with Crippen LogP contribution in [0.3, 0.4) is 0 Å². The summed E-state index contributed by atoms with van der Waals surface area (Å²) in [6, 6.07) is 7.21. The van der Waals surface area contributed by atoms with Crippen molar-refractivity contribution in [3.8, 4) is 0 Å². The maximum atomic E-state index is 11.8. The van der Waals surface area contributed by atoms with E-state index >= 15 is 0 Å². The number of anilines is 1. The third-order valence-corrected chi connectivity index (χ3v) is 2.37. The second-order valence-electron chi connectivity index (χ2n) is 4.97. The van der Waals surface area contributed by atoms with Crippen LogP contribution in [0.5, 0.6) is 0 Å². The number of hydrogen-bond acceptors (Lipinski definition) is 3. The molecule has 0 unspecified atom stereocenters. The molecule has 1 aromatic carbocycles. The highest BCUT2D eigenvalue weighted by Crippen LogP contribution is 2.18. The van der Waals surface area contributed by atoms with Gasteiger partial charge in [-0.25, -0.2) is 0 Å². The molecule has 4 nitrogen and oxygen atoms in total. The fourth-order valence-electron chi connectivity index (χ4n) is 1.20. The number of hydrogen-bond donors (Lipinski definition) is 2. The molecule has 0 saturated heterocycles. The number of benzene rings is 1. The Bertz CT molecular complexity index is 445. The molecule has 0 fully saturated rings. The molecule has 0 atom stereocenters. The summed E-state index contributed by atoms with van der Waals surface area (Å²) in [5, 5.41) is 14.6. The quantitative estimate of drug-likeness (QED) is 0.469. The highest BCUT2D eigenvalue weighted by molar-refractivity contribution is 6.00. The molecule has 0 heterocycles. The molecule has 1 aromatic rings. The Morgan fingerprint density at radius 1 is 1.35 bits per heavy atom. The first-order valence-corrected chi connectivity index (χ1v) is 5.45. The van der Waals surface area contributed by atoms with E-state index in [-0.39, 0.29) is 5.91 Å². The van der Waals surface area contributed by atoms with Crippen LogP contribution in [0.25, 0.3) is 0 Å². The van der Waals surface area contributed by atoms with Crippen molar-refractivity contribution >= 4 is 17.3 Å². The van der Waals surface area contributed by atoms with Crippen LogP contribution in [0, 0.1) is 5.41 Å². The van der Waals surface area contributed by atoms with Gasteiger partial charge in [-0.2, -0.15) is 0 Å². The van der Waals surface area contributed by atoms with Gasteiger partial charge in [0.1, 0.15) is 0 Å². The molecule has 2 N–H and O–H groups in total. The van der Waals surface area contributed by atoms with Gasteiger partial charge in [0.2, 0.25) is 5.91 Å². The van der Waals surface area contributed by atoms with E-state index in [0.717, 1.165) is 5.56 Å². The minimum Gasteiger partial charge on any atom is -0.411 e. The Hall–Kier alpha value is -1.84. The SMILES string of the molecule is CC(=NO)c1cccc(NC(=O)C(C)(C)C)c1. The fourth-order valence-corrected chi connectivity index (χ4v) is 1.20. The number of carbonyl (C=O) groups is 1. The Balaban J connectivity index is 2.91. The van der Waals surface area contributed by atoms with Gasteiger partial charge in [0.15, 0.2) is 0 Å². The zero-order valence-electron chi connectivity index (χ0n) is 10.6. The Labute approximate surface area is 101 Å². The third kappa shape index (κ3) is 3.59. The molecule has 0 saturated carbocycles. The van der Waals surface area contributed by atoms with E-state index in [4.69, 9.17) is 5.21 Å². The van der Waals surface area contributed by atoms with Gasteiger partial charge < -0.3 is 10.5 Å². The molecule has 0 aromatic heterocycles. The highest BCUT2D eigenvalue weighted by Gasteiger charge is 2.21. The maximum Gasteiger partial charge on any atom is 0.229 e. The molecule has 0 bridgehead atoms. The lowest BCUT2D eigenvalue weighted by Crippen LogP contribution is -2.27. The van der Waals surface area contributed by atoms with Crippen molar-refractivity contribution in [2.24, 2.45) is 10.6 Å². The van der Waals surface area contributed by atoms with E-state index in [0.29, 0.717) is 11.4 Å². The van der Waals surface area contributed by atoms with Gasteiger partial charge in [0.25, 0.3) is 0 Å². The average molecular weight is 234 g/mol. The highest BCUT2D eigenvalue weighted by atomic mass is 16.4. The van der Waals surface area contributed by atoms with Crippen molar-refractivity contribution < 1.29 is 10.0 Å². The summed E-state index contributed by atoms with van der Waals surface area (Å²) in [5.41, 5.74) is 1.55. The molecule has 0 aliphatic rings. The van der Waals surface area contributed by atoms with Crippen molar-refractivity contribution in [3.63, 3.8) is 0 Å². The number of amides is 1. The fraction of sp³-hybridized carbons (Fsp3) is 0.385. The van der Waals surface area contributed by atoms with E-state index in [1.54, 1.807) is 19.1 Å². The number of nitrogens with one attached hydrogen (secondary N) is 1. The maximum absolute atomic E-state index is 11.8. The van der Waals surface area contributed by atoms with Crippen LogP contribution < -0.4 is 5.32 Å². The van der Waals surface area contributed by atoms with Crippen LogP contribution in [0.15, 0.2) is 29.4 Å². The van der Waals surface area contributed by atoms with Gasteiger partial charge in [0, 0.05) is 16.7 Å². The predicted octanol–water partition coefficient (Wildman–Crippen LogP) is 2.87. The first-order chi connectivity index (χ1) is 7.84. The Morgan fingerprint density at radius 3 is 2.53 bits per heavy atom. The summed E-state index contributed by atoms with van der Waals surface area (Å²) in [5.74, 6) is -0.0479. The molecular weight excluding hydrogens is 216 g/mol. The molecule has 17 heavy (non-hydrogen) atoms. The molecule has 0 aliphatic carbocycles. The number of oxime groups is 1. The summed E-state index contributed by atoms with van der Waals surface area (Å²) in [6.45, 7) is 7.26. The van der Waals surface area contributed by atoms with Crippen molar-refractivity contribution in [1.29, 1.82) is 0 Å². The summed E-state index contributed by atoms with van der Waals surface area (Å²) in [4.78, 5) is 11.8. The van der Waals surface area contributed by atoms with E-state index < -0.39 is 5.41 Å². The van der Waals surface area contributed by atoms with Crippen LogP contribution >= 0.6 is 0 Å². The number of nitrogens with zero attached hydrogens (tertiary/aromatic N) is 1. The van der Waals surface area contributed by atoms with Gasteiger partial charge in [-0.1, -0.05) is 38.1 Å². The first-order valence-electron chi connectivity index (χ1n) is 5.45. The normalized spacial score (nSPS) is 12.4. The number of carbonyl (C=O) groups excluding carboxylic acids is 1. The van der Waals surface area contributed by atoms with Crippen LogP contribution in [0.1, 0.15) is 33.3 Å². The van der Waals surface area contributed by atoms with Gasteiger partial charge in [-0.15, -0.1) is 0 Å². The van der Waals surface area contributed by atoms with Crippen LogP contribution in [-0.4, -0.2) is 16.8 Å². The Morgan fingerprint density at radius 2 is 2.00 bits per heavy atom. The topological polar surface area (TPSA) is 61.7 Å². The zero-order valence-corrected chi connectivity index (χ0v) is 10.6. The minimum atomic E-state index is -0.434. The van der Waals surface area contributed by atoms with Crippen molar-refractivity contribution in [2.45, 2.75) is 27.7 Å². The van der Waals surface area contributed by atoms with Crippen molar-refractivity contribution in [1.82, 2.24) is 0 Å². The van der Waals surface area contributed by atoms with E-state index in [2.05, 4.69) is 10.5 Å². The summed E-state index contributed by atoms with van der Waals surface area (Å²) in [6.07, 6.45) is 0. The average Bonchev–Trinajstić information content (AvgIpc) is 2.27. The van der Waals surface area contributed by atoms with E-state index in [1.807, 2.05) is 32.9 Å². The first kappa shape index (κ1) is 13.2. The minimum absolute atomic E-state index is 0.0479. The molecule has 0 spiro atoms. The van der Waals surface area contributed by atoms with Crippen LogP contribution in [-0.2, 0) is 4.79 Å². The van der Waals surface area contributed by atoms with Crippen LogP contribution in [0.2, 0.25) is 0 Å². The summed E-state index contributed by atoms with van der Waals surface area (Å²) < 4.78 is 0. The summed E-state index contributed by atoms with van der Waals surface area (Å²) >= 11 is 0. The van der Waals surface area contributed by atoms with Gasteiger partial charge in [0.05, 0.1) is 5.71 Å². The van der Waals surface area contributed by atoms with Gasteiger partial charge >= 0.3 is 0 Å². The molecule has 1 amide bonds. The summed E-state index contributed by atoms with van der Waals surface area (Å²) in [7, 11) is 0. The van der Waals surface area contributed by atoms with Gasteiger partial charge in [-0.05, 0) is 19.1 Å². The molecule has 4 heteroatoms. The molecule has 0 aliphatic heterocycles. The third-order valence-electron chi connectivity index (χ3n) is 2.37. The van der Waals surface area contributed by atoms with Crippen LogP contribution in [0.4, 0.5) is 5.69 Å². The largest absolute Gasteiger partial charge is 0.411 e. The van der Waals surface area contributed by atoms with Crippen molar-refractivity contribution in [2.75, 3.05) is 5.32 Å². The lowest BCUT2D eigenvalue weighted by Gasteiger charge is -2.17. The lowest BCUT2D eigenvalue weighted by atomic mass is 9.95. The lowest BCUT2D eigenvalue weighted by molar-refractivity contribution is -0.123. The monoisotopic (exact) mass is 234 g/mol. The van der Waals surface area contributed by atoms with Crippen molar-refractivity contribution in [3.05, 3.63) is 29.8 Å². The standard InChI is InChI=1S/C13H18N2O2/c1-9(15-17)10-6-5-7-11(8-10)14-12(16)13(2,3)4/h5-8,17H,1-4H3,(H,14,16). The molecule has 0 radical (unpaired) electrons. The second kappa shape index (κ2) is 4.99. The van der Waals surface area contributed by atoms with E-state index in [9.17, 15) is 4.79 Å². The van der Waals surface area contributed by atoms with Gasteiger partial charge in [-0.3, -0.25) is 4.79 Å². The Kier molecular flexibility index (Phi) is 3.89. The van der Waals surface area contributed by atoms with E-state index in [1.165, 1.54) is 0 Å². The molecule has 92 valence electrons. The molecule has 1 rings (SSSR count). The molecular formula is C13H18N2O2. The smallest absolute Gasteiger partial charge is 0.229 e. The predicted molar refractivity (Wildman–Crippen MR) is 68.5 cm³/mol. The zero-order chi connectivity index (χ0) is 13.1. The number of rotatable bonds is 2. The second-order valence-corrected chi connectivity index (χ2v) is 4.97.